The summed E-state index contributed by atoms with van der Waals surface area (Å²) in [5.74, 6) is 0.631. The first-order valence-electron chi connectivity index (χ1n) is 5.80. The molecule has 0 radical (unpaired) electrons. The highest BCUT2D eigenvalue weighted by molar-refractivity contribution is 4.62. The zero-order chi connectivity index (χ0) is 10.9. The molecule has 1 saturated heterocycles. The fourth-order valence-electron chi connectivity index (χ4n) is 1.54. The Morgan fingerprint density at radius 3 is 2.93 bits per heavy atom. The van der Waals surface area contributed by atoms with E-state index in [4.69, 9.17) is 9.47 Å². The zero-order valence-corrected chi connectivity index (χ0v) is 10.00. The average molecular weight is 216 g/mol. The van der Waals surface area contributed by atoms with Crippen LogP contribution in [-0.4, -0.2) is 65.1 Å². The van der Waals surface area contributed by atoms with Crippen LogP contribution < -0.4 is 5.32 Å². The Hall–Kier alpha value is -0.160. The summed E-state index contributed by atoms with van der Waals surface area (Å²) in [6, 6.07) is 0. The summed E-state index contributed by atoms with van der Waals surface area (Å²) < 4.78 is 10.8. The fourth-order valence-corrected chi connectivity index (χ4v) is 1.54. The van der Waals surface area contributed by atoms with Crippen molar-refractivity contribution >= 4 is 0 Å². The third-order valence-electron chi connectivity index (χ3n) is 2.54. The van der Waals surface area contributed by atoms with Crippen molar-refractivity contribution in [2.45, 2.75) is 6.42 Å². The highest BCUT2D eigenvalue weighted by Crippen LogP contribution is 2.11. The molecule has 1 aliphatic heterocycles. The van der Waals surface area contributed by atoms with Gasteiger partial charge in [0, 0.05) is 32.2 Å². The van der Waals surface area contributed by atoms with Gasteiger partial charge in [-0.3, -0.25) is 0 Å². The standard InChI is InChI=1S/C11H24N2O2/c1-13(2)6-4-12-5-8-15-10-11-3-7-14-9-11/h11-12H,3-10H2,1-2H3. The van der Waals surface area contributed by atoms with Gasteiger partial charge in [0.15, 0.2) is 0 Å². The van der Waals surface area contributed by atoms with E-state index in [-0.39, 0.29) is 0 Å². The van der Waals surface area contributed by atoms with Crippen molar-refractivity contribution in [3.8, 4) is 0 Å². The van der Waals surface area contributed by atoms with Crippen LogP contribution in [0.3, 0.4) is 0 Å². The predicted octanol–water partition coefficient (Wildman–Crippen LogP) is 0.191. The van der Waals surface area contributed by atoms with E-state index in [1.165, 1.54) is 0 Å². The second kappa shape index (κ2) is 8.05. The Kier molecular flexibility index (Phi) is 6.92. The lowest BCUT2D eigenvalue weighted by Crippen LogP contribution is -2.29. The van der Waals surface area contributed by atoms with Gasteiger partial charge in [0.05, 0.1) is 19.8 Å². The van der Waals surface area contributed by atoms with Crippen LogP contribution in [0.25, 0.3) is 0 Å². The van der Waals surface area contributed by atoms with Crippen LogP contribution in [0.5, 0.6) is 0 Å². The predicted molar refractivity (Wildman–Crippen MR) is 61.2 cm³/mol. The first kappa shape index (κ1) is 12.9. The number of ether oxygens (including phenoxy) is 2. The molecule has 0 spiro atoms. The molecule has 1 rings (SSSR count). The molecular weight excluding hydrogens is 192 g/mol. The topological polar surface area (TPSA) is 33.7 Å². The zero-order valence-electron chi connectivity index (χ0n) is 10.00. The van der Waals surface area contributed by atoms with Crippen molar-refractivity contribution in [3.63, 3.8) is 0 Å². The molecule has 90 valence electrons. The number of likely N-dealkylation sites (N-methyl/N-ethyl adjacent to an activating group) is 1. The number of hydrogen-bond donors (Lipinski definition) is 1. The molecule has 0 aromatic rings. The third-order valence-corrected chi connectivity index (χ3v) is 2.54. The first-order chi connectivity index (χ1) is 7.29. The van der Waals surface area contributed by atoms with E-state index >= 15 is 0 Å². The van der Waals surface area contributed by atoms with Gasteiger partial charge in [-0.15, -0.1) is 0 Å². The van der Waals surface area contributed by atoms with Crippen molar-refractivity contribution < 1.29 is 9.47 Å². The van der Waals surface area contributed by atoms with E-state index in [0.29, 0.717) is 5.92 Å². The van der Waals surface area contributed by atoms with Crippen LogP contribution >= 0.6 is 0 Å². The second-order valence-corrected chi connectivity index (χ2v) is 4.36. The van der Waals surface area contributed by atoms with Crippen LogP contribution in [0.2, 0.25) is 0 Å². The fraction of sp³-hybridized carbons (Fsp3) is 1.00. The molecule has 0 aromatic carbocycles. The van der Waals surface area contributed by atoms with Crippen molar-refractivity contribution in [3.05, 3.63) is 0 Å². The van der Waals surface area contributed by atoms with Crippen molar-refractivity contribution in [1.82, 2.24) is 10.2 Å². The maximum atomic E-state index is 5.57. The Morgan fingerprint density at radius 1 is 1.40 bits per heavy atom. The van der Waals surface area contributed by atoms with E-state index in [1.54, 1.807) is 0 Å². The van der Waals surface area contributed by atoms with Gasteiger partial charge < -0.3 is 19.7 Å². The Labute approximate surface area is 92.9 Å². The number of nitrogens with zero attached hydrogens (tertiary/aromatic N) is 1. The number of rotatable bonds is 8. The molecule has 1 atom stereocenters. The third kappa shape index (κ3) is 6.84. The molecule has 1 aliphatic rings. The minimum atomic E-state index is 0.631. The lowest BCUT2D eigenvalue weighted by Gasteiger charge is -2.11. The van der Waals surface area contributed by atoms with E-state index < -0.39 is 0 Å². The highest BCUT2D eigenvalue weighted by Gasteiger charge is 2.14. The molecule has 0 aromatic heterocycles. The summed E-state index contributed by atoms with van der Waals surface area (Å²) in [6.07, 6.45) is 1.16. The van der Waals surface area contributed by atoms with Crippen LogP contribution in [-0.2, 0) is 9.47 Å². The van der Waals surface area contributed by atoms with Crippen molar-refractivity contribution in [2.24, 2.45) is 5.92 Å². The molecule has 4 nitrogen and oxygen atoms in total. The Morgan fingerprint density at radius 2 is 2.27 bits per heavy atom. The van der Waals surface area contributed by atoms with Gasteiger partial charge in [-0.1, -0.05) is 0 Å². The SMILES string of the molecule is CN(C)CCNCCOCC1CCOC1. The molecule has 1 heterocycles. The van der Waals surface area contributed by atoms with Crippen LogP contribution in [0.1, 0.15) is 6.42 Å². The minimum absolute atomic E-state index is 0.631. The number of nitrogens with one attached hydrogen (secondary N) is 1. The van der Waals surface area contributed by atoms with Gasteiger partial charge in [-0.2, -0.15) is 0 Å². The van der Waals surface area contributed by atoms with Crippen LogP contribution in [0, 0.1) is 5.92 Å². The molecule has 0 amide bonds. The Bertz CT molecular complexity index is 148. The van der Waals surface area contributed by atoms with E-state index in [9.17, 15) is 0 Å². The average Bonchev–Trinajstić information content (AvgIpc) is 2.68. The van der Waals surface area contributed by atoms with E-state index in [0.717, 1.165) is 52.5 Å². The normalized spacial score (nSPS) is 21.4. The summed E-state index contributed by atoms with van der Waals surface area (Å²) in [5.41, 5.74) is 0. The molecule has 0 saturated carbocycles. The maximum absolute atomic E-state index is 5.57. The highest BCUT2D eigenvalue weighted by atomic mass is 16.5. The lowest BCUT2D eigenvalue weighted by molar-refractivity contribution is 0.0912. The second-order valence-electron chi connectivity index (χ2n) is 4.36. The summed E-state index contributed by atoms with van der Waals surface area (Å²) in [4.78, 5) is 2.17. The summed E-state index contributed by atoms with van der Waals surface area (Å²) in [7, 11) is 4.16. The quantitative estimate of drug-likeness (QED) is 0.587. The Balaban J connectivity index is 1.76. The maximum Gasteiger partial charge on any atom is 0.0591 e. The van der Waals surface area contributed by atoms with Gasteiger partial charge in [0.2, 0.25) is 0 Å². The summed E-state index contributed by atoms with van der Waals surface area (Å²) in [6.45, 7) is 6.52. The van der Waals surface area contributed by atoms with Gasteiger partial charge in [-0.25, -0.2) is 0 Å². The molecule has 0 aliphatic carbocycles. The molecule has 15 heavy (non-hydrogen) atoms. The largest absolute Gasteiger partial charge is 0.381 e. The monoisotopic (exact) mass is 216 g/mol. The summed E-state index contributed by atoms with van der Waals surface area (Å²) >= 11 is 0. The van der Waals surface area contributed by atoms with Crippen LogP contribution in [0.4, 0.5) is 0 Å². The lowest BCUT2D eigenvalue weighted by atomic mass is 10.1. The number of hydrogen-bond acceptors (Lipinski definition) is 4. The van der Waals surface area contributed by atoms with Crippen molar-refractivity contribution in [2.75, 3.05) is 60.2 Å². The molecular formula is C11H24N2O2. The van der Waals surface area contributed by atoms with E-state index in [1.807, 2.05) is 0 Å². The first-order valence-corrected chi connectivity index (χ1v) is 5.80. The van der Waals surface area contributed by atoms with Gasteiger partial charge in [-0.05, 0) is 20.5 Å². The molecule has 1 N–H and O–H groups in total. The van der Waals surface area contributed by atoms with E-state index in [2.05, 4.69) is 24.3 Å². The molecule has 1 unspecified atom stereocenters. The van der Waals surface area contributed by atoms with Crippen molar-refractivity contribution in [1.29, 1.82) is 0 Å². The van der Waals surface area contributed by atoms with Gasteiger partial charge >= 0.3 is 0 Å². The summed E-state index contributed by atoms with van der Waals surface area (Å²) in [5, 5.41) is 3.34. The van der Waals surface area contributed by atoms with Crippen LogP contribution in [0.15, 0.2) is 0 Å². The smallest absolute Gasteiger partial charge is 0.0591 e. The van der Waals surface area contributed by atoms with Gasteiger partial charge in [0.1, 0.15) is 0 Å². The molecule has 0 bridgehead atoms. The molecule has 1 fully saturated rings. The molecule has 4 heteroatoms. The minimum Gasteiger partial charge on any atom is -0.381 e. The van der Waals surface area contributed by atoms with Gasteiger partial charge in [0.25, 0.3) is 0 Å².